The maximum Gasteiger partial charge on any atom is 0.222 e. The number of aromatic nitrogens is 2. The van der Waals surface area contributed by atoms with E-state index >= 15 is 0 Å². The van der Waals surface area contributed by atoms with Crippen LogP contribution >= 0.6 is 0 Å². The predicted molar refractivity (Wildman–Crippen MR) is 112 cm³/mol. The molecular weight excluding hydrogens is 350 g/mol. The van der Waals surface area contributed by atoms with E-state index in [0.29, 0.717) is 13.2 Å². The molecule has 0 unspecified atom stereocenters. The van der Waals surface area contributed by atoms with Crippen LogP contribution in [0, 0.1) is 5.92 Å². The highest BCUT2D eigenvalue weighted by atomic mass is 16.5. The summed E-state index contributed by atoms with van der Waals surface area (Å²) in [4.78, 5) is 16.6. The molecule has 0 saturated heterocycles. The highest BCUT2D eigenvalue weighted by molar-refractivity contribution is 5.78. The Balaban J connectivity index is 1.56. The molecule has 5 nitrogen and oxygen atoms in total. The second-order valence-electron chi connectivity index (χ2n) is 7.23. The van der Waals surface area contributed by atoms with Gasteiger partial charge in [0.05, 0.1) is 17.6 Å². The van der Waals surface area contributed by atoms with Crippen LogP contribution in [0.25, 0.3) is 11.0 Å². The molecule has 148 valence electrons. The highest BCUT2D eigenvalue weighted by Crippen LogP contribution is 2.17. The third-order valence-electron chi connectivity index (χ3n) is 4.69. The van der Waals surface area contributed by atoms with Gasteiger partial charge in [-0.05, 0) is 37.1 Å². The fourth-order valence-electron chi connectivity index (χ4n) is 3.15. The van der Waals surface area contributed by atoms with Crippen molar-refractivity contribution >= 4 is 16.9 Å². The molecule has 2 aromatic carbocycles. The van der Waals surface area contributed by atoms with E-state index in [-0.39, 0.29) is 11.8 Å². The first-order valence-electron chi connectivity index (χ1n) is 10.0. The molecule has 3 rings (SSSR count). The topological polar surface area (TPSA) is 56.2 Å². The molecule has 0 aliphatic rings. The number of amides is 1. The van der Waals surface area contributed by atoms with Crippen molar-refractivity contribution in [2.24, 2.45) is 5.92 Å². The Labute approximate surface area is 166 Å². The van der Waals surface area contributed by atoms with Crippen LogP contribution in [0.1, 0.15) is 32.5 Å². The van der Waals surface area contributed by atoms with Crippen LogP contribution < -0.4 is 10.1 Å². The lowest BCUT2D eigenvalue weighted by molar-refractivity contribution is -0.123. The summed E-state index contributed by atoms with van der Waals surface area (Å²) in [6.45, 7) is 6.02. The molecule has 1 N–H and O–H groups in total. The molecule has 1 aromatic heterocycles. The summed E-state index contributed by atoms with van der Waals surface area (Å²) < 4.78 is 8.06. The number of nitrogens with one attached hydrogen (secondary N) is 1. The lowest BCUT2D eigenvalue weighted by Gasteiger charge is -2.11. The van der Waals surface area contributed by atoms with E-state index in [4.69, 9.17) is 9.72 Å². The second-order valence-corrected chi connectivity index (χ2v) is 7.23. The number of rotatable bonds is 10. The number of hydrogen-bond donors (Lipinski definition) is 1. The minimum absolute atomic E-state index is 0.00318. The fourth-order valence-corrected chi connectivity index (χ4v) is 3.15. The van der Waals surface area contributed by atoms with E-state index in [0.717, 1.165) is 48.4 Å². The number of carbonyl (C=O) groups is 1. The number of hydrogen-bond acceptors (Lipinski definition) is 3. The summed E-state index contributed by atoms with van der Waals surface area (Å²) in [5.41, 5.74) is 2.16. The monoisotopic (exact) mass is 379 g/mol. The molecule has 28 heavy (non-hydrogen) atoms. The first-order valence-corrected chi connectivity index (χ1v) is 10.0. The standard InChI is InChI=1S/C23H29N3O2/c1-18(2)23(27)24-15-14-22-25-20-12-6-7-13-21(20)26(22)16-8-9-17-28-19-10-4-3-5-11-19/h3-7,10-13,18H,8-9,14-17H2,1-2H3,(H,24,27). The van der Waals surface area contributed by atoms with Crippen LogP contribution in [0.15, 0.2) is 54.6 Å². The molecule has 0 bridgehead atoms. The first-order chi connectivity index (χ1) is 13.6. The van der Waals surface area contributed by atoms with Crippen LogP contribution in [0.3, 0.4) is 0 Å². The number of imidazole rings is 1. The van der Waals surface area contributed by atoms with E-state index in [1.54, 1.807) is 0 Å². The normalized spacial score (nSPS) is 11.1. The van der Waals surface area contributed by atoms with Crippen molar-refractivity contribution in [3.05, 3.63) is 60.4 Å². The van der Waals surface area contributed by atoms with Crippen LogP contribution in [-0.2, 0) is 17.8 Å². The number of fused-ring (bicyclic) bond motifs is 1. The first kappa shape index (κ1) is 19.9. The number of aryl methyl sites for hydroxylation is 1. The Kier molecular flexibility index (Phi) is 7.06. The van der Waals surface area contributed by atoms with Gasteiger partial charge in [-0.3, -0.25) is 4.79 Å². The average molecular weight is 380 g/mol. The molecule has 1 amide bonds. The number of carbonyl (C=O) groups excluding carboxylic acids is 1. The van der Waals surface area contributed by atoms with Crippen LogP contribution in [0.5, 0.6) is 5.75 Å². The average Bonchev–Trinajstić information content (AvgIpc) is 3.06. The summed E-state index contributed by atoms with van der Waals surface area (Å²) in [6.07, 6.45) is 2.72. The summed E-state index contributed by atoms with van der Waals surface area (Å²) in [7, 11) is 0. The molecule has 1 heterocycles. The predicted octanol–water partition coefficient (Wildman–Crippen LogP) is 4.21. The largest absolute Gasteiger partial charge is 0.494 e. The van der Waals surface area contributed by atoms with Crippen molar-refractivity contribution in [3.8, 4) is 5.75 Å². The van der Waals surface area contributed by atoms with E-state index in [9.17, 15) is 4.79 Å². The van der Waals surface area contributed by atoms with Crippen LogP contribution in [0.2, 0.25) is 0 Å². The Morgan fingerprint density at radius 3 is 2.61 bits per heavy atom. The molecule has 0 fully saturated rings. The number of unbranched alkanes of at least 4 members (excludes halogenated alkanes) is 1. The molecular formula is C23H29N3O2. The van der Waals surface area contributed by atoms with Crippen molar-refractivity contribution < 1.29 is 9.53 Å². The van der Waals surface area contributed by atoms with E-state index < -0.39 is 0 Å². The quantitative estimate of drug-likeness (QED) is 0.537. The molecule has 0 radical (unpaired) electrons. The van der Waals surface area contributed by atoms with E-state index in [1.807, 2.05) is 62.4 Å². The molecule has 3 aromatic rings. The maximum atomic E-state index is 11.8. The zero-order chi connectivity index (χ0) is 19.8. The van der Waals surface area contributed by atoms with Gasteiger partial charge in [-0.1, -0.05) is 44.2 Å². The van der Waals surface area contributed by atoms with Crippen molar-refractivity contribution in [2.75, 3.05) is 13.2 Å². The van der Waals surface area contributed by atoms with Crippen molar-refractivity contribution in [1.29, 1.82) is 0 Å². The van der Waals surface area contributed by atoms with Crippen molar-refractivity contribution in [1.82, 2.24) is 14.9 Å². The Hall–Kier alpha value is -2.82. The Bertz CT molecular complexity index is 887. The van der Waals surface area contributed by atoms with Gasteiger partial charge in [0.1, 0.15) is 11.6 Å². The van der Waals surface area contributed by atoms with Crippen molar-refractivity contribution in [2.45, 2.75) is 39.7 Å². The fraction of sp³-hybridized carbons (Fsp3) is 0.391. The highest BCUT2D eigenvalue weighted by Gasteiger charge is 2.11. The van der Waals surface area contributed by atoms with Gasteiger partial charge < -0.3 is 14.6 Å². The summed E-state index contributed by atoms with van der Waals surface area (Å²) in [6, 6.07) is 18.1. The molecule has 5 heteroatoms. The van der Waals surface area contributed by atoms with Gasteiger partial charge in [0.2, 0.25) is 5.91 Å². The number of benzene rings is 2. The van der Waals surface area contributed by atoms with Crippen molar-refractivity contribution in [3.63, 3.8) is 0 Å². The minimum Gasteiger partial charge on any atom is -0.494 e. The van der Waals surface area contributed by atoms with Gasteiger partial charge >= 0.3 is 0 Å². The molecule has 0 aliphatic heterocycles. The zero-order valence-corrected chi connectivity index (χ0v) is 16.7. The maximum absolute atomic E-state index is 11.8. The SMILES string of the molecule is CC(C)C(=O)NCCc1nc2ccccc2n1CCCCOc1ccccc1. The van der Waals surface area contributed by atoms with Gasteiger partial charge in [-0.15, -0.1) is 0 Å². The van der Waals surface area contributed by atoms with E-state index in [2.05, 4.69) is 16.0 Å². The van der Waals surface area contributed by atoms with Crippen LogP contribution in [-0.4, -0.2) is 28.6 Å². The minimum atomic E-state index is 0.00318. The number of para-hydroxylation sites is 3. The van der Waals surface area contributed by atoms with E-state index in [1.165, 1.54) is 0 Å². The van der Waals surface area contributed by atoms with Gasteiger partial charge in [-0.2, -0.15) is 0 Å². The van der Waals surface area contributed by atoms with Gasteiger partial charge in [0, 0.05) is 25.4 Å². The number of nitrogens with zero attached hydrogens (tertiary/aromatic N) is 2. The third kappa shape index (κ3) is 5.35. The molecule has 0 aliphatic carbocycles. The second kappa shape index (κ2) is 9.93. The van der Waals surface area contributed by atoms with Gasteiger partial charge in [-0.25, -0.2) is 4.98 Å². The third-order valence-corrected chi connectivity index (χ3v) is 4.69. The Morgan fingerprint density at radius 1 is 1.07 bits per heavy atom. The number of ether oxygens (including phenoxy) is 1. The molecule has 0 spiro atoms. The summed E-state index contributed by atoms with van der Waals surface area (Å²) >= 11 is 0. The van der Waals surface area contributed by atoms with Gasteiger partial charge in [0.25, 0.3) is 0 Å². The lowest BCUT2D eigenvalue weighted by atomic mass is 10.2. The van der Waals surface area contributed by atoms with Gasteiger partial charge in [0.15, 0.2) is 0 Å². The smallest absolute Gasteiger partial charge is 0.222 e. The van der Waals surface area contributed by atoms with Crippen LogP contribution in [0.4, 0.5) is 0 Å². The lowest BCUT2D eigenvalue weighted by Crippen LogP contribution is -2.30. The summed E-state index contributed by atoms with van der Waals surface area (Å²) in [5, 5.41) is 2.98. The Morgan fingerprint density at radius 2 is 1.82 bits per heavy atom. The summed E-state index contributed by atoms with van der Waals surface area (Å²) in [5.74, 6) is 2.02. The molecule has 0 atom stereocenters. The zero-order valence-electron chi connectivity index (χ0n) is 16.7. The molecule has 0 saturated carbocycles.